The molecule has 0 heterocycles. The third-order valence-electron chi connectivity index (χ3n) is 3.79. The lowest BCUT2D eigenvalue weighted by Gasteiger charge is -2.21. The Morgan fingerprint density at radius 1 is 1.08 bits per heavy atom. The van der Waals surface area contributed by atoms with Gasteiger partial charge in [0.2, 0.25) is 5.91 Å². The second-order valence-electron chi connectivity index (χ2n) is 7.09. The molecule has 1 aromatic rings. The molecule has 138 valence electrons. The maximum Gasteiger partial charge on any atom is 0.407 e. The molecule has 0 spiro atoms. The minimum atomic E-state index is -1.32. The molecule has 0 bridgehead atoms. The molecular weight excluding hydrogens is 337 g/mol. The number of rotatable bonds is 3. The highest BCUT2D eigenvalue weighted by Crippen LogP contribution is 2.28. The molecular formula is C17H21F3N2O3. The van der Waals surface area contributed by atoms with Crippen LogP contribution in [-0.4, -0.2) is 23.6 Å². The number of ether oxygens (including phenoxy) is 1. The van der Waals surface area contributed by atoms with Gasteiger partial charge in [-0.25, -0.2) is 18.0 Å². The van der Waals surface area contributed by atoms with E-state index in [9.17, 15) is 22.8 Å². The Bertz CT molecular complexity index is 674. The van der Waals surface area contributed by atoms with Crippen LogP contribution in [0.2, 0.25) is 0 Å². The number of anilines is 1. The van der Waals surface area contributed by atoms with Crippen LogP contribution in [0.3, 0.4) is 0 Å². The van der Waals surface area contributed by atoms with Gasteiger partial charge in [-0.1, -0.05) is 0 Å². The summed E-state index contributed by atoms with van der Waals surface area (Å²) >= 11 is 0. The largest absolute Gasteiger partial charge is 0.444 e. The van der Waals surface area contributed by atoms with E-state index in [-0.39, 0.29) is 6.04 Å². The van der Waals surface area contributed by atoms with Crippen molar-refractivity contribution in [2.24, 2.45) is 5.92 Å². The summed E-state index contributed by atoms with van der Waals surface area (Å²) in [6.45, 7) is 5.23. The Hall–Kier alpha value is -2.25. The van der Waals surface area contributed by atoms with Crippen LogP contribution in [0.25, 0.3) is 0 Å². The van der Waals surface area contributed by atoms with E-state index in [4.69, 9.17) is 4.74 Å². The fourth-order valence-corrected chi connectivity index (χ4v) is 2.68. The molecule has 8 heteroatoms. The van der Waals surface area contributed by atoms with Crippen molar-refractivity contribution in [2.75, 3.05) is 5.32 Å². The van der Waals surface area contributed by atoms with Gasteiger partial charge in [0.1, 0.15) is 11.4 Å². The molecule has 2 amide bonds. The van der Waals surface area contributed by atoms with Crippen molar-refractivity contribution in [3.8, 4) is 0 Å². The molecule has 0 aliphatic heterocycles. The van der Waals surface area contributed by atoms with Gasteiger partial charge >= 0.3 is 6.09 Å². The number of carbonyl (C=O) groups excluding carboxylic acids is 2. The van der Waals surface area contributed by atoms with E-state index in [1.165, 1.54) is 0 Å². The summed E-state index contributed by atoms with van der Waals surface area (Å²) in [4.78, 5) is 23.9. The zero-order chi connectivity index (χ0) is 18.8. The van der Waals surface area contributed by atoms with Crippen LogP contribution in [-0.2, 0) is 9.53 Å². The average Bonchev–Trinajstić information content (AvgIpc) is 2.91. The number of benzene rings is 1. The van der Waals surface area contributed by atoms with Crippen LogP contribution in [0.15, 0.2) is 12.1 Å². The second kappa shape index (κ2) is 7.33. The first kappa shape index (κ1) is 19.1. The molecule has 0 radical (unpaired) electrons. The van der Waals surface area contributed by atoms with Crippen LogP contribution >= 0.6 is 0 Å². The van der Waals surface area contributed by atoms with Crippen LogP contribution in [0.5, 0.6) is 0 Å². The molecule has 1 aliphatic carbocycles. The summed E-state index contributed by atoms with van der Waals surface area (Å²) in [6, 6.07) is 0.751. The maximum absolute atomic E-state index is 13.6. The molecule has 0 aromatic heterocycles. The topological polar surface area (TPSA) is 67.4 Å². The summed E-state index contributed by atoms with van der Waals surface area (Å²) in [5, 5.41) is 4.96. The van der Waals surface area contributed by atoms with E-state index in [2.05, 4.69) is 10.6 Å². The van der Waals surface area contributed by atoms with Gasteiger partial charge < -0.3 is 15.4 Å². The van der Waals surface area contributed by atoms with Crippen molar-refractivity contribution in [1.82, 2.24) is 5.32 Å². The third-order valence-corrected chi connectivity index (χ3v) is 3.79. The molecule has 0 saturated heterocycles. The average molecular weight is 358 g/mol. The number of carbonyl (C=O) groups is 2. The van der Waals surface area contributed by atoms with Gasteiger partial charge in [-0.15, -0.1) is 0 Å². The van der Waals surface area contributed by atoms with E-state index in [0.29, 0.717) is 31.4 Å². The number of nitrogens with one attached hydrogen (secondary N) is 2. The second-order valence-corrected chi connectivity index (χ2v) is 7.09. The molecule has 2 rings (SSSR count). The summed E-state index contributed by atoms with van der Waals surface area (Å²) in [7, 11) is 0. The maximum atomic E-state index is 13.6. The molecule has 1 fully saturated rings. The first-order chi connectivity index (χ1) is 11.5. The van der Waals surface area contributed by atoms with Crippen molar-refractivity contribution >= 4 is 17.7 Å². The van der Waals surface area contributed by atoms with Crippen molar-refractivity contribution in [3.63, 3.8) is 0 Å². The lowest BCUT2D eigenvalue weighted by molar-refractivity contribution is -0.119. The molecule has 2 N–H and O–H groups in total. The molecule has 1 aromatic carbocycles. The number of hydrogen-bond acceptors (Lipinski definition) is 3. The molecule has 2 atom stereocenters. The lowest BCUT2D eigenvalue weighted by atomic mass is 10.1. The molecule has 1 aliphatic rings. The lowest BCUT2D eigenvalue weighted by Crippen LogP contribution is -2.38. The van der Waals surface area contributed by atoms with Crippen molar-refractivity contribution in [1.29, 1.82) is 0 Å². The van der Waals surface area contributed by atoms with Crippen molar-refractivity contribution < 1.29 is 27.5 Å². The number of amides is 2. The number of halogens is 3. The summed E-state index contributed by atoms with van der Waals surface area (Å²) in [5.74, 6) is -4.58. The first-order valence-corrected chi connectivity index (χ1v) is 8.00. The van der Waals surface area contributed by atoms with E-state index in [1.54, 1.807) is 20.8 Å². The van der Waals surface area contributed by atoms with E-state index in [1.807, 2.05) is 0 Å². The normalized spacial score (nSPS) is 20.2. The van der Waals surface area contributed by atoms with E-state index >= 15 is 0 Å². The Balaban J connectivity index is 1.90. The molecule has 5 nitrogen and oxygen atoms in total. The third kappa shape index (κ3) is 5.37. The smallest absolute Gasteiger partial charge is 0.407 e. The predicted octanol–water partition coefficient (Wildman–Crippen LogP) is 3.74. The van der Waals surface area contributed by atoms with Gasteiger partial charge in [-0.3, -0.25) is 4.79 Å². The van der Waals surface area contributed by atoms with Crippen LogP contribution in [0, 0.1) is 23.4 Å². The minimum absolute atomic E-state index is 0.236. The SMILES string of the molecule is CC(C)(C)OC(=O)N[C@H]1CC[C@@H](C(=O)Nc2cc(F)c(F)cc2F)C1. The van der Waals surface area contributed by atoms with E-state index in [0.717, 1.165) is 0 Å². The molecule has 0 unspecified atom stereocenters. The Morgan fingerprint density at radius 3 is 2.36 bits per heavy atom. The number of alkyl carbamates (subject to hydrolysis) is 1. The standard InChI is InChI=1S/C17H21F3N2O3/c1-17(2,3)25-16(24)21-10-5-4-9(6-10)15(23)22-14-8-12(19)11(18)7-13(14)20/h7-10H,4-6H2,1-3H3,(H,21,24)(H,22,23)/t9-,10+/m1/s1. The zero-order valence-corrected chi connectivity index (χ0v) is 14.3. The van der Waals surface area contributed by atoms with Gasteiger partial charge in [-0.05, 0) is 40.0 Å². The number of hydrogen-bond donors (Lipinski definition) is 2. The fraction of sp³-hybridized carbons (Fsp3) is 0.529. The zero-order valence-electron chi connectivity index (χ0n) is 14.3. The summed E-state index contributed by atoms with van der Waals surface area (Å²) in [5.41, 5.74) is -1.03. The highest BCUT2D eigenvalue weighted by Gasteiger charge is 2.32. The van der Waals surface area contributed by atoms with Gasteiger partial charge in [0, 0.05) is 24.1 Å². The van der Waals surface area contributed by atoms with Gasteiger partial charge in [0.25, 0.3) is 0 Å². The quantitative estimate of drug-likeness (QED) is 0.809. The van der Waals surface area contributed by atoms with Crippen LogP contribution in [0.4, 0.5) is 23.7 Å². The fourth-order valence-electron chi connectivity index (χ4n) is 2.68. The minimum Gasteiger partial charge on any atom is -0.444 e. The van der Waals surface area contributed by atoms with Gasteiger partial charge in [0.05, 0.1) is 5.69 Å². The predicted molar refractivity (Wildman–Crippen MR) is 85.4 cm³/mol. The highest BCUT2D eigenvalue weighted by atomic mass is 19.2. The molecule has 1 saturated carbocycles. The van der Waals surface area contributed by atoms with Gasteiger partial charge in [-0.2, -0.15) is 0 Å². The van der Waals surface area contributed by atoms with Crippen molar-refractivity contribution in [2.45, 2.75) is 51.7 Å². The van der Waals surface area contributed by atoms with Crippen LogP contribution < -0.4 is 10.6 Å². The molecule has 25 heavy (non-hydrogen) atoms. The summed E-state index contributed by atoms with van der Waals surface area (Å²) < 4.78 is 44.8. The van der Waals surface area contributed by atoms with Crippen LogP contribution in [0.1, 0.15) is 40.0 Å². The Morgan fingerprint density at radius 2 is 1.72 bits per heavy atom. The van der Waals surface area contributed by atoms with E-state index < -0.39 is 46.7 Å². The monoisotopic (exact) mass is 358 g/mol. The van der Waals surface area contributed by atoms with Crippen molar-refractivity contribution in [3.05, 3.63) is 29.6 Å². The summed E-state index contributed by atoms with van der Waals surface area (Å²) in [6.07, 6.45) is 0.844. The first-order valence-electron chi connectivity index (χ1n) is 8.00. The Labute approximate surface area is 143 Å². The Kier molecular flexibility index (Phi) is 5.59. The highest BCUT2D eigenvalue weighted by molar-refractivity contribution is 5.93. The van der Waals surface area contributed by atoms with Gasteiger partial charge in [0.15, 0.2) is 11.6 Å².